The second-order valence-corrected chi connectivity index (χ2v) is 6.48. The third-order valence-electron chi connectivity index (χ3n) is 4.55. The van der Waals surface area contributed by atoms with E-state index in [1.54, 1.807) is 19.5 Å². The summed E-state index contributed by atoms with van der Waals surface area (Å²) < 4.78 is 11.1. The highest BCUT2D eigenvalue weighted by Crippen LogP contribution is 2.24. The van der Waals surface area contributed by atoms with Gasteiger partial charge < -0.3 is 19.8 Å². The Hall–Kier alpha value is -3.38. The Balaban J connectivity index is 1.33. The zero-order valence-electron chi connectivity index (χ0n) is 15.7. The van der Waals surface area contributed by atoms with Crippen molar-refractivity contribution in [2.45, 2.75) is 13.0 Å². The first-order chi connectivity index (χ1) is 13.8. The lowest BCUT2D eigenvalue weighted by Gasteiger charge is -2.08. The SMILES string of the molecule is COc1ccc2[nH]cc(CCNCc3cccc(Oc4cncnc4)c3)c2c1. The lowest BCUT2D eigenvalue weighted by atomic mass is 10.1. The Kier molecular flexibility index (Phi) is 5.49. The first kappa shape index (κ1) is 18.0. The van der Waals surface area contributed by atoms with Gasteiger partial charge in [0, 0.05) is 23.6 Å². The highest BCUT2D eigenvalue weighted by atomic mass is 16.5. The minimum Gasteiger partial charge on any atom is -0.497 e. The molecule has 0 fully saturated rings. The fourth-order valence-electron chi connectivity index (χ4n) is 3.14. The number of benzene rings is 2. The molecule has 4 rings (SSSR count). The van der Waals surface area contributed by atoms with Crippen LogP contribution in [0.5, 0.6) is 17.2 Å². The van der Waals surface area contributed by atoms with E-state index in [1.807, 2.05) is 30.3 Å². The van der Waals surface area contributed by atoms with Gasteiger partial charge in [0.05, 0.1) is 19.5 Å². The lowest BCUT2D eigenvalue weighted by molar-refractivity contribution is 0.415. The van der Waals surface area contributed by atoms with E-state index in [-0.39, 0.29) is 0 Å². The van der Waals surface area contributed by atoms with Crippen LogP contribution in [-0.2, 0) is 13.0 Å². The van der Waals surface area contributed by atoms with Gasteiger partial charge in [-0.3, -0.25) is 0 Å². The van der Waals surface area contributed by atoms with E-state index in [0.29, 0.717) is 5.75 Å². The first-order valence-corrected chi connectivity index (χ1v) is 9.18. The van der Waals surface area contributed by atoms with Crippen molar-refractivity contribution in [1.29, 1.82) is 0 Å². The Morgan fingerprint density at radius 3 is 2.75 bits per heavy atom. The zero-order chi connectivity index (χ0) is 19.2. The summed E-state index contributed by atoms with van der Waals surface area (Å²) >= 11 is 0. The maximum Gasteiger partial charge on any atom is 0.163 e. The minimum atomic E-state index is 0.627. The second-order valence-electron chi connectivity index (χ2n) is 6.48. The molecule has 0 unspecified atom stereocenters. The molecule has 0 spiro atoms. The van der Waals surface area contributed by atoms with E-state index in [9.17, 15) is 0 Å². The smallest absolute Gasteiger partial charge is 0.163 e. The average molecular weight is 374 g/mol. The van der Waals surface area contributed by atoms with Crippen LogP contribution in [0.3, 0.4) is 0 Å². The van der Waals surface area contributed by atoms with Crippen molar-refractivity contribution in [2.24, 2.45) is 0 Å². The van der Waals surface area contributed by atoms with E-state index in [0.717, 1.165) is 42.1 Å². The second kappa shape index (κ2) is 8.54. The molecule has 4 aromatic rings. The Morgan fingerprint density at radius 2 is 1.89 bits per heavy atom. The van der Waals surface area contributed by atoms with E-state index >= 15 is 0 Å². The summed E-state index contributed by atoms with van der Waals surface area (Å²) in [6, 6.07) is 14.1. The van der Waals surface area contributed by atoms with Gasteiger partial charge in [0.25, 0.3) is 0 Å². The van der Waals surface area contributed by atoms with Crippen molar-refractivity contribution >= 4 is 10.9 Å². The summed E-state index contributed by atoms with van der Waals surface area (Å²) in [5.74, 6) is 2.28. The predicted octanol–water partition coefficient (Wildman–Crippen LogP) is 4.09. The van der Waals surface area contributed by atoms with Crippen LogP contribution >= 0.6 is 0 Å². The molecular weight excluding hydrogens is 352 g/mol. The average Bonchev–Trinajstić information content (AvgIpc) is 3.14. The van der Waals surface area contributed by atoms with E-state index < -0.39 is 0 Å². The molecule has 28 heavy (non-hydrogen) atoms. The van der Waals surface area contributed by atoms with Crippen LogP contribution in [0, 0.1) is 0 Å². The highest BCUT2D eigenvalue weighted by molar-refractivity contribution is 5.84. The Morgan fingerprint density at radius 1 is 1.00 bits per heavy atom. The van der Waals surface area contributed by atoms with Crippen molar-refractivity contribution in [3.05, 3.63) is 78.5 Å². The number of rotatable bonds is 8. The molecular formula is C22H22N4O2. The third-order valence-corrected chi connectivity index (χ3v) is 4.55. The van der Waals surface area contributed by atoms with Gasteiger partial charge in [0.15, 0.2) is 5.75 Å². The maximum absolute atomic E-state index is 5.79. The summed E-state index contributed by atoms with van der Waals surface area (Å²) in [4.78, 5) is 11.2. The number of fused-ring (bicyclic) bond motifs is 1. The van der Waals surface area contributed by atoms with Crippen molar-refractivity contribution in [3.63, 3.8) is 0 Å². The maximum atomic E-state index is 5.79. The largest absolute Gasteiger partial charge is 0.497 e. The molecule has 0 aliphatic carbocycles. The molecule has 0 aliphatic heterocycles. The molecule has 0 amide bonds. The van der Waals surface area contributed by atoms with Gasteiger partial charge in [-0.15, -0.1) is 0 Å². The zero-order valence-corrected chi connectivity index (χ0v) is 15.7. The van der Waals surface area contributed by atoms with Crippen molar-refractivity contribution in [1.82, 2.24) is 20.3 Å². The van der Waals surface area contributed by atoms with Crippen LogP contribution in [0.25, 0.3) is 10.9 Å². The Bertz CT molecular complexity index is 1050. The topological polar surface area (TPSA) is 72.1 Å². The van der Waals surface area contributed by atoms with Gasteiger partial charge in [-0.25, -0.2) is 9.97 Å². The molecule has 142 valence electrons. The summed E-state index contributed by atoms with van der Waals surface area (Å²) in [6.45, 7) is 1.65. The van der Waals surface area contributed by atoms with E-state index in [2.05, 4.69) is 38.6 Å². The molecule has 0 radical (unpaired) electrons. The molecule has 2 N–H and O–H groups in total. The number of methoxy groups -OCH3 is 1. The number of hydrogen-bond acceptors (Lipinski definition) is 5. The van der Waals surface area contributed by atoms with Crippen LogP contribution < -0.4 is 14.8 Å². The van der Waals surface area contributed by atoms with Gasteiger partial charge >= 0.3 is 0 Å². The number of aromatic nitrogens is 3. The van der Waals surface area contributed by atoms with Crippen molar-refractivity contribution in [3.8, 4) is 17.2 Å². The van der Waals surface area contributed by atoms with Crippen LogP contribution in [0.15, 0.2) is 67.4 Å². The Labute approximate surface area is 163 Å². The van der Waals surface area contributed by atoms with Gasteiger partial charge in [-0.2, -0.15) is 0 Å². The monoisotopic (exact) mass is 374 g/mol. The number of aromatic amines is 1. The molecule has 0 saturated heterocycles. The molecule has 2 aromatic heterocycles. The normalized spacial score (nSPS) is 10.9. The van der Waals surface area contributed by atoms with Crippen LogP contribution in [0.1, 0.15) is 11.1 Å². The molecule has 6 heteroatoms. The predicted molar refractivity (Wildman–Crippen MR) is 109 cm³/mol. The summed E-state index contributed by atoms with van der Waals surface area (Å²) in [6.07, 6.45) is 7.78. The summed E-state index contributed by atoms with van der Waals surface area (Å²) in [5, 5.41) is 4.71. The van der Waals surface area contributed by atoms with Gasteiger partial charge in [0.1, 0.15) is 17.8 Å². The summed E-state index contributed by atoms with van der Waals surface area (Å²) in [5.41, 5.74) is 3.57. The van der Waals surface area contributed by atoms with Gasteiger partial charge in [-0.1, -0.05) is 12.1 Å². The van der Waals surface area contributed by atoms with Crippen LogP contribution in [0.2, 0.25) is 0 Å². The first-order valence-electron chi connectivity index (χ1n) is 9.18. The van der Waals surface area contributed by atoms with Crippen molar-refractivity contribution < 1.29 is 9.47 Å². The van der Waals surface area contributed by atoms with E-state index in [4.69, 9.17) is 9.47 Å². The molecule has 0 atom stereocenters. The number of nitrogens with one attached hydrogen (secondary N) is 2. The fourth-order valence-corrected chi connectivity index (χ4v) is 3.14. The highest BCUT2D eigenvalue weighted by Gasteiger charge is 2.05. The molecule has 0 bridgehead atoms. The third kappa shape index (κ3) is 4.29. The molecule has 2 heterocycles. The van der Waals surface area contributed by atoms with E-state index in [1.165, 1.54) is 17.3 Å². The molecule has 6 nitrogen and oxygen atoms in total. The van der Waals surface area contributed by atoms with Gasteiger partial charge in [0.2, 0.25) is 0 Å². The van der Waals surface area contributed by atoms with Gasteiger partial charge in [-0.05, 0) is 54.4 Å². The van der Waals surface area contributed by atoms with Crippen LogP contribution in [-0.4, -0.2) is 28.6 Å². The molecule has 0 saturated carbocycles. The number of ether oxygens (including phenoxy) is 2. The molecule has 2 aromatic carbocycles. The number of hydrogen-bond donors (Lipinski definition) is 2. The summed E-state index contributed by atoms with van der Waals surface area (Å²) in [7, 11) is 1.69. The quantitative estimate of drug-likeness (QED) is 0.455. The lowest BCUT2D eigenvalue weighted by Crippen LogP contribution is -2.16. The van der Waals surface area contributed by atoms with Crippen LogP contribution in [0.4, 0.5) is 0 Å². The number of nitrogens with zero attached hydrogens (tertiary/aromatic N) is 2. The molecule has 0 aliphatic rings. The number of H-pyrrole nitrogens is 1. The minimum absolute atomic E-state index is 0.627. The van der Waals surface area contributed by atoms with Crippen molar-refractivity contribution in [2.75, 3.05) is 13.7 Å². The standard InChI is InChI=1S/C22H22N4O2/c1-27-18-5-6-22-21(10-18)17(12-26-22)7-8-23-11-16-3-2-4-19(9-16)28-20-13-24-15-25-14-20/h2-6,9-10,12-15,23,26H,7-8,11H2,1H3. The fraction of sp³-hybridized carbons (Fsp3) is 0.182.